The van der Waals surface area contributed by atoms with Crippen LogP contribution < -0.4 is 5.32 Å². The Labute approximate surface area is 112 Å². The number of hydrogen-bond donors (Lipinski definition) is 2. The van der Waals surface area contributed by atoms with E-state index >= 15 is 0 Å². The minimum Gasteiger partial charge on any atom is -0.381 e. The molecule has 5 heteroatoms. The number of hydrogen-bond acceptors (Lipinski definition) is 4. The van der Waals surface area contributed by atoms with Crippen molar-refractivity contribution < 1.29 is 4.79 Å². The van der Waals surface area contributed by atoms with Gasteiger partial charge in [0.05, 0.1) is 0 Å². The van der Waals surface area contributed by atoms with E-state index in [2.05, 4.69) is 10.4 Å². The van der Waals surface area contributed by atoms with E-state index in [1.807, 2.05) is 31.2 Å². The number of aldehydes is 1. The van der Waals surface area contributed by atoms with Gasteiger partial charge in [0.15, 0.2) is 12.1 Å². The number of nitrogens with one attached hydrogen (secondary N) is 2. The number of nitrogens with zero attached hydrogens (tertiary/aromatic N) is 2. The largest absolute Gasteiger partial charge is 0.381 e. The van der Waals surface area contributed by atoms with Crippen LogP contribution in [0.2, 0.25) is 0 Å². The van der Waals surface area contributed by atoms with Crippen LogP contribution in [0.1, 0.15) is 13.3 Å². The first-order chi connectivity index (χ1) is 9.26. The molecule has 0 fully saturated rings. The predicted octanol–water partition coefficient (Wildman–Crippen LogP) is 1.73. The Balaban J connectivity index is 2.41. The third-order valence-corrected chi connectivity index (χ3v) is 2.78. The van der Waals surface area contributed by atoms with Gasteiger partial charge in [-0.15, -0.1) is 0 Å². The third-order valence-electron chi connectivity index (χ3n) is 2.78. The zero-order valence-corrected chi connectivity index (χ0v) is 10.8. The fourth-order valence-electron chi connectivity index (χ4n) is 1.90. The van der Waals surface area contributed by atoms with E-state index in [1.54, 1.807) is 12.3 Å². The van der Waals surface area contributed by atoms with Crippen LogP contribution in [0.4, 0.5) is 0 Å². The van der Waals surface area contributed by atoms with E-state index in [0.717, 1.165) is 17.6 Å². The molecule has 5 nitrogen and oxygen atoms in total. The van der Waals surface area contributed by atoms with Gasteiger partial charge in [-0.3, -0.25) is 10.2 Å². The van der Waals surface area contributed by atoms with Crippen LogP contribution in [0.5, 0.6) is 0 Å². The molecule has 0 unspecified atom stereocenters. The fourth-order valence-corrected chi connectivity index (χ4v) is 1.90. The van der Waals surface area contributed by atoms with E-state index in [4.69, 9.17) is 5.41 Å². The van der Waals surface area contributed by atoms with Crippen molar-refractivity contribution in [3.05, 3.63) is 47.9 Å². The molecule has 2 aliphatic rings. The Morgan fingerprint density at radius 2 is 2.32 bits per heavy atom. The highest BCUT2D eigenvalue weighted by atomic mass is 16.1. The summed E-state index contributed by atoms with van der Waals surface area (Å²) >= 11 is 0. The molecular formula is C14H16N4O. The maximum absolute atomic E-state index is 11.0. The molecule has 2 rings (SSSR count). The van der Waals surface area contributed by atoms with Crippen molar-refractivity contribution in [2.45, 2.75) is 13.3 Å². The first-order valence-electron chi connectivity index (χ1n) is 6.10. The monoisotopic (exact) mass is 256 g/mol. The molecule has 2 heterocycles. The maximum atomic E-state index is 11.0. The summed E-state index contributed by atoms with van der Waals surface area (Å²) < 4.78 is 0. The summed E-state index contributed by atoms with van der Waals surface area (Å²) in [4.78, 5) is 11.0. The number of amidine groups is 1. The number of rotatable bonds is 2. The molecule has 2 N–H and O–H groups in total. The van der Waals surface area contributed by atoms with Gasteiger partial charge in [-0.25, -0.2) is 5.01 Å². The highest BCUT2D eigenvalue weighted by Crippen LogP contribution is 2.19. The van der Waals surface area contributed by atoms with Crippen LogP contribution in [-0.2, 0) is 4.79 Å². The molecule has 0 radical (unpaired) electrons. The van der Waals surface area contributed by atoms with Crippen LogP contribution in [-0.4, -0.2) is 29.4 Å². The quantitative estimate of drug-likeness (QED) is 0.739. The molecule has 98 valence electrons. The van der Waals surface area contributed by atoms with E-state index in [-0.39, 0.29) is 5.84 Å². The Morgan fingerprint density at radius 3 is 3.05 bits per heavy atom. The third kappa shape index (κ3) is 2.88. The highest BCUT2D eigenvalue weighted by molar-refractivity contribution is 6.31. The van der Waals surface area contributed by atoms with Gasteiger partial charge in [0, 0.05) is 30.4 Å². The lowest BCUT2D eigenvalue weighted by Crippen LogP contribution is -2.32. The highest BCUT2D eigenvalue weighted by Gasteiger charge is 2.23. The van der Waals surface area contributed by atoms with Gasteiger partial charge in [0.25, 0.3) is 0 Å². The fraction of sp³-hybridized carbons (Fsp3) is 0.214. The Kier molecular flexibility index (Phi) is 4.07. The van der Waals surface area contributed by atoms with Crippen LogP contribution in [0.25, 0.3) is 0 Å². The van der Waals surface area contributed by atoms with E-state index in [0.29, 0.717) is 18.7 Å². The molecule has 0 aromatic heterocycles. The van der Waals surface area contributed by atoms with Gasteiger partial charge >= 0.3 is 0 Å². The summed E-state index contributed by atoms with van der Waals surface area (Å²) in [6.07, 6.45) is 12.3. The van der Waals surface area contributed by atoms with Gasteiger partial charge in [0.2, 0.25) is 0 Å². The molecule has 0 saturated carbocycles. The topological polar surface area (TPSA) is 68.6 Å². The summed E-state index contributed by atoms with van der Waals surface area (Å²) in [5.41, 5.74) is 2.05. The molecule has 19 heavy (non-hydrogen) atoms. The second-order valence-electron chi connectivity index (χ2n) is 4.12. The summed E-state index contributed by atoms with van der Waals surface area (Å²) in [7, 11) is 0. The first-order valence-corrected chi connectivity index (χ1v) is 6.10. The van der Waals surface area contributed by atoms with Crippen LogP contribution in [0.3, 0.4) is 0 Å². The van der Waals surface area contributed by atoms with Gasteiger partial charge < -0.3 is 5.32 Å². The van der Waals surface area contributed by atoms with E-state index in [9.17, 15) is 4.79 Å². The second-order valence-corrected chi connectivity index (χ2v) is 4.12. The van der Waals surface area contributed by atoms with Crippen molar-refractivity contribution in [2.75, 3.05) is 6.54 Å². The smallest absolute Gasteiger partial charge is 0.166 e. The molecule has 0 spiro atoms. The average molecular weight is 256 g/mol. The van der Waals surface area contributed by atoms with E-state index < -0.39 is 0 Å². The van der Waals surface area contributed by atoms with Crippen molar-refractivity contribution in [2.24, 2.45) is 5.10 Å². The summed E-state index contributed by atoms with van der Waals surface area (Å²) in [5.74, 6) is 0.290. The van der Waals surface area contributed by atoms with E-state index in [1.165, 1.54) is 5.01 Å². The molecule has 0 atom stereocenters. The Morgan fingerprint density at radius 1 is 1.47 bits per heavy atom. The van der Waals surface area contributed by atoms with Crippen molar-refractivity contribution in [1.82, 2.24) is 10.3 Å². The summed E-state index contributed by atoms with van der Waals surface area (Å²) in [5, 5.41) is 16.9. The lowest BCUT2D eigenvalue weighted by molar-refractivity contribution is -0.102. The van der Waals surface area contributed by atoms with Gasteiger partial charge in [0.1, 0.15) is 5.71 Å². The number of carbonyl (C=O) groups is 1. The molecule has 0 bridgehead atoms. The molecular weight excluding hydrogens is 240 g/mol. The molecule has 0 amide bonds. The van der Waals surface area contributed by atoms with Crippen molar-refractivity contribution >= 4 is 17.8 Å². The molecule has 2 aliphatic heterocycles. The average Bonchev–Trinajstić information content (AvgIpc) is 2.70. The molecule has 0 aromatic rings. The van der Waals surface area contributed by atoms with Gasteiger partial charge in [-0.05, 0) is 13.0 Å². The van der Waals surface area contributed by atoms with Crippen LogP contribution in [0, 0.1) is 5.41 Å². The lowest BCUT2D eigenvalue weighted by Gasteiger charge is -2.25. The second kappa shape index (κ2) is 5.95. The minimum atomic E-state index is 0.290. The standard InChI is InChI=1S/C14H16N4O/c1-2-8-18-14(15)12(9-11(10-19)17-18)13-6-4-3-5-7-16-13/h2-6,8,10,15-16H,7,9H2,1H3/b8-2-,13-12+,15-14?. The molecule has 0 saturated heterocycles. The molecule has 0 aromatic carbocycles. The first kappa shape index (κ1) is 13.0. The zero-order valence-electron chi connectivity index (χ0n) is 10.8. The van der Waals surface area contributed by atoms with Crippen molar-refractivity contribution in [3.63, 3.8) is 0 Å². The lowest BCUT2D eigenvalue weighted by atomic mass is 10.0. The normalized spacial score (nSPS) is 23.3. The Bertz CT molecular complexity index is 538. The minimum absolute atomic E-state index is 0.290. The Hall–Kier alpha value is -2.43. The SMILES string of the molecule is C/C=C\N1N=C(C=O)C/C(=C2/C=CC=CCN2)C1=N. The van der Waals surface area contributed by atoms with Crippen LogP contribution >= 0.6 is 0 Å². The summed E-state index contributed by atoms with van der Waals surface area (Å²) in [6.45, 7) is 2.55. The number of allylic oxidation sites excluding steroid dienone is 4. The zero-order chi connectivity index (χ0) is 13.7. The predicted molar refractivity (Wildman–Crippen MR) is 75.8 cm³/mol. The van der Waals surface area contributed by atoms with Crippen molar-refractivity contribution in [1.29, 1.82) is 5.41 Å². The van der Waals surface area contributed by atoms with Crippen molar-refractivity contribution in [3.8, 4) is 0 Å². The van der Waals surface area contributed by atoms with Gasteiger partial charge in [-0.2, -0.15) is 5.10 Å². The molecule has 0 aliphatic carbocycles. The number of carbonyl (C=O) groups excluding carboxylic acids is 1. The summed E-state index contributed by atoms with van der Waals surface area (Å²) in [6, 6.07) is 0. The van der Waals surface area contributed by atoms with Crippen LogP contribution in [0.15, 0.2) is 53.0 Å². The van der Waals surface area contributed by atoms with Gasteiger partial charge in [-0.1, -0.05) is 24.3 Å². The number of hydrazone groups is 1. The maximum Gasteiger partial charge on any atom is 0.166 e.